The van der Waals surface area contributed by atoms with Crippen LogP contribution in [0.5, 0.6) is 0 Å². The summed E-state index contributed by atoms with van der Waals surface area (Å²) in [5, 5.41) is 0. The molecule has 1 aliphatic heterocycles. The van der Waals surface area contributed by atoms with E-state index in [2.05, 4.69) is 192 Å². The zero-order valence-electron chi connectivity index (χ0n) is 29.2. The van der Waals surface area contributed by atoms with E-state index in [1.165, 1.54) is 44.5 Å². The van der Waals surface area contributed by atoms with E-state index in [0.717, 1.165) is 22.5 Å². The van der Waals surface area contributed by atoms with Gasteiger partial charge in [0, 0.05) is 22.5 Å². The monoisotopic (exact) mass is 639 g/mol. The van der Waals surface area contributed by atoms with Crippen LogP contribution < -0.4 is 10.4 Å². The van der Waals surface area contributed by atoms with Crippen LogP contribution in [0.4, 0.5) is 17.1 Å². The van der Waals surface area contributed by atoms with Crippen LogP contribution in [0.25, 0.3) is 33.4 Å². The van der Waals surface area contributed by atoms with E-state index in [-0.39, 0.29) is 16.6 Å². The fourth-order valence-electron chi connectivity index (χ4n) is 7.33. The Balaban J connectivity index is 1.16. The van der Waals surface area contributed by atoms with Gasteiger partial charge in [-0.3, -0.25) is 0 Å². The topological polar surface area (TPSA) is 21.7 Å². The summed E-state index contributed by atoms with van der Waals surface area (Å²) in [5.74, 6) is 0. The summed E-state index contributed by atoms with van der Waals surface area (Å²) in [6.45, 7) is 13.1. The molecule has 0 unspecified atom stereocenters. The highest BCUT2D eigenvalue weighted by molar-refractivity contribution is 6.62. The molecule has 0 spiro atoms. The van der Waals surface area contributed by atoms with Gasteiger partial charge in [0.1, 0.15) is 0 Å². The van der Waals surface area contributed by atoms with Crippen LogP contribution in [0.15, 0.2) is 146 Å². The molecule has 4 heteroatoms. The summed E-state index contributed by atoms with van der Waals surface area (Å²) >= 11 is 0. The molecule has 0 amide bonds. The first-order valence-electron chi connectivity index (χ1n) is 17.3. The van der Waals surface area contributed by atoms with Crippen LogP contribution in [0.1, 0.15) is 52.7 Å². The third-order valence-electron chi connectivity index (χ3n) is 11.0. The zero-order chi connectivity index (χ0) is 34.0. The first-order chi connectivity index (χ1) is 23.5. The molecule has 0 saturated carbocycles. The molecule has 0 atom stereocenters. The molecule has 0 bridgehead atoms. The highest BCUT2D eigenvalue weighted by Crippen LogP contribution is 2.50. The highest BCUT2D eigenvalue weighted by Gasteiger charge is 2.51. The van der Waals surface area contributed by atoms with Gasteiger partial charge in [-0.05, 0) is 114 Å². The van der Waals surface area contributed by atoms with Gasteiger partial charge in [0.05, 0.1) is 11.2 Å². The molecule has 8 rings (SSSR count). The molecule has 0 radical (unpaired) electrons. The Kier molecular flexibility index (Phi) is 7.44. The quantitative estimate of drug-likeness (QED) is 0.169. The predicted octanol–water partition coefficient (Wildman–Crippen LogP) is 11.1. The molecule has 2 aliphatic rings. The molecular formula is C45H42BNO2. The van der Waals surface area contributed by atoms with Crippen LogP contribution in [0, 0.1) is 0 Å². The van der Waals surface area contributed by atoms with Gasteiger partial charge in [0.2, 0.25) is 0 Å². The highest BCUT2D eigenvalue weighted by atomic mass is 16.7. The molecule has 242 valence electrons. The second-order valence-corrected chi connectivity index (χ2v) is 14.9. The normalized spacial score (nSPS) is 16.7. The maximum Gasteiger partial charge on any atom is 0.494 e. The molecule has 1 fully saturated rings. The summed E-state index contributed by atoms with van der Waals surface area (Å²) in [5.41, 5.74) is 13.6. The summed E-state index contributed by atoms with van der Waals surface area (Å²) in [6.07, 6.45) is 0. The number of benzene rings is 6. The molecule has 3 nitrogen and oxygen atoms in total. The van der Waals surface area contributed by atoms with Gasteiger partial charge in [-0.2, -0.15) is 0 Å². The van der Waals surface area contributed by atoms with Gasteiger partial charge in [-0.1, -0.05) is 123 Å². The fraction of sp³-hybridized carbons (Fsp3) is 0.200. The first kappa shape index (κ1) is 31.4. The van der Waals surface area contributed by atoms with Crippen molar-refractivity contribution in [3.63, 3.8) is 0 Å². The van der Waals surface area contributed by atoms with E-state index in [4.69, 9.17) is 9.31 Å². The van der Waals surface area contributed by atoms with Crippen LogP contribution in [0.2, 0.25) is 0 Å². The Morgan fingerprint density at radius 2 is 0.878 bits per heavy atom. The van der Waals surface area contributed by atoms with Crippen molar-refractivity contribution < 1.29 is 9.31 Å². The predicted molar refractivity (Wildman–Crippen MR) is 205 cm³/mol. The van der Waals surface area contributed by atoms with Gasteiger partial charge >= 0.3 is 7.12 Å². The van der Waals surface area contributed by atoms with Gasteiger partial charge in [-0.15, -0.1) is 0 Å². The van der Waals surface area contributed by atoms with Crippen molar-refractivity contribution in [1.82, 2.24) is 0 Å². The average Bonchev–Trinajstić information content (AvgIpc) is 3.49. The van der Waals surface area contributed by atoms with Crippen molar-refractivity contribution in [2.24, 2.45) is 0 Å². The van der Waals surface area contributed by atoms with Crippen molar-refractivity contribution in [3.8, 4) is 33.4 Å². The number of hydrogen-bond acceptors (Lipinski definition) is 3. The third kappa shape index (κ3) is 5.40. The van der Waals surface area contributed by atoms with Crippen LogP contribution in [-0.4, -0.2) is 18.3 Å². The van der Waals surface area contributed by atoms with Crippen LogP contribution in [-0.2, 0) is 14.7 Å². The summed E-state index contributed by atoms with van der Waals surface area (Å²) < 4.78 is 12.8. The number of fused-ring (bicyclic) bond motifs is 3. The lowest BCUT2D eigenvalue weighted by atomic mass is 9.79. The number of anilines is 3. The third-order valence-corrected chi connectivity index (χ3v) is 11.0. The van der Waals surface area contributed by atoms with Gasteiger partial charge < -0.3 is 14.2 Å². The Labute approximate surface area is 291 Å². The Morgan fingerprint density at radius 3 is 1.47 bits per heavy atom. The maximum absolute atomic E-state index is 6.38. The van der Waals surface area contributed by atoms with Gasteiger partial charge in [0.25, 0.3) is 0 Å². The van der Waals surface area contributed by atoms with Crippen molar-refractivity contribution in [1.29, 1.82) is 0 Å². The minimum Gasteiger partial charge on any atom is -0.399 e. The van der Waals surface area contributed by atoms with Crippen LogP contribution >= 0.6 is 0 Å². The molecule has 6 aromatic carbocycles. The Morgan fingerprint density at radius 1 is 0.429 bits per heavy atom. The second-order valence-electron chi connectivity index (χ2n) is 14.9. The molecule has 1 heterocycles. The number of hydrogen-bond donors (Lipinski definition) is 0. The molecule has 0 aromatic heterocycles. The lowest BCUT2D eigenvalue weighted by Crippen LogP contribution is -2.41. The molecule has 0 N–H and O–H groups in total. The minimum absolute atomic E-state index is 0.0933. The van der Waals surface area contributed by atoms with Gasteiger partial charge in [-0.25, -0.2) is 0 Å². The Bertz CT molecular complexity index is 2120. The molecule has 49 heavy (non-hydrogen) atoms. The molecule has 6 aromatic rings. The van der Waals surface area contributed by atoms with Crippen molar-refractivity contribution in [2.45, 2.75) is 58.2 Å². The number of rotatable bonds is 6. The van der Waals surface area contributed by atoms with E-state index in [1.54, 1.807) is 0 Å². The summed E-state index contributed by atoms with van der Waals surface area (Å²) in [7, 11) is -0.403. The fourth-order valence-corrected chi connectivity index (χ4v) is 7.33. The summed E-state index contributed by atoms with van der Waals surface area (Å²) in [6, 6.07) is 52.7. The van der Waals surface area contributed by atoms with E-state index in [0.29, 0.717) is 0 Å². The lowest BCUT2D eigenvalue weighted by molar-refractivity contribution is 0.00578. The summed E-state index contributed by atoms with van der Waals surface area (Å²) in [4.78, 5) is 2.36. The zero-order valence-corrected chi connectivity index (χ0v) is 29.2. The van der Waals surface area contributed by atoms with E-state index >= 15 is 0 Å². The Hall–Kier alpha value is -4.90. The first-order valence-corrected chi connectivity index (χ1v) is 17.3. The van der Waals surface area contributed by atoms with Crippen LogP contribution in [0.3, 0.4) is 0 Å². The van der Waals surface area contributed by atoms with E-state index in [9.17, 15) is 0 Å². The average molecular weight is 640 g/mol. The molecule has 1 aliphatic carbocycles. The smallest absolute Gasteiger partial charge is 0.399 e. The second kappa shape index (κ2) is 11.6. The maximum atomic E-state index is 6.38. The van der Waals surface area contributed by atoms with Crippen molar-refractivity contribution in [2.75, 3.05) is 4.90 Å². The van der Waals surface area contributed by atoms with Crippen molar-refractivity contribution in [3.05, 3.63) is 157 Å². The van der Waals surface area contributed by atoms with Gasteiger partial charge in [0.15, 0.2) is 0 Å². The van der Waals surface area contributed by atoms with Crippen molar-refractivity contribution >= 4 is 29.6 Å². The standard InChI is InChI=1S/C45H42BNO2/c1-43(2)41-15-11-10-14-39(41)40-29-28-38(30-42(40)43)47(37-26-22-35(23-27-37)46-48-44(3,4)45(5,6)49-46)36-24-20-34(21-25-36)33-18-16-32(17-19-33)31-12-8-7-9-13-31/h7-30H,1-6H3. The van der Waals surface area contributed by atoms with E-state index in [1.807, 2.05) is 0 Å². The minimum atomic E-state index is -0.403. The molecular weight excluding hydrogens is 597 g/mol. The lowest BCUT2D eigenvalue weighted by Gasteiger charge is -2.32. The number of nitrogens with zero attached hydrogens (tertiary/aromatic N) is 1. The van der Waals surface area contributed by atoms with E-state index < -0.39 is 7.12 Å². The SMILES string of the molecule is CC1(C)c2ccccc2-c2ccc(N(c3ccc(B4OC(C)(C)C(C)(C)O4)cc3)c3ccc(-c4ccc(-c5ccccc5)cc4)cc3)cc21. The largest absolute Gasteiger partial charge is 0.494 e. The molecule has 1 saturated heterocycles.